The molecule has 1 aliphatic heterocycles. The van der Waals surface area contributed by atoms with Crippen LogP contribution in [0.5, 0.6) is 5.75 Å². The van der Waals surface area contributed by atoms with Gasteiger partial charge in [0.2, 0.25) is 5.91 Å². The topological polar surface area (TPSA) is 44.8 Å². The van der Waals surface area contributed by atoms with Crippen molar-refractivity contribution in [2.75, 3.05) is 42.9 Å². The Bertz CT molecular complexity index is 970. The third-order valence-corrected chi connectivity index (χ3v) is 5.57. The van der Waals surface area contributed by atoms with Gasteiger partial charge in [-0.05, 0) is 54.1 Å². The normalized spacial score (nSPS) is 14.3. The smallest absolute Gasteiger partial charge is 0.238 e. The molecule has 5 nitrogen and oxygen atoms in total. The lowest BCUT2D eigenvalue weighted by atomic mass is 10.2. The Labute approximate surface area is 188 Å². The number of carbonyl (C=O) groups excluding carboxylic acids is 1. The fraction of sp³-hybridized carbons (Fsp3) is 0.240. The van der Waals surface area contributed by atoms with Crippen molar-refractivity contribution in [3.63, 3.8) is 0 Å². The van der Waals surface area contributed by atoms with Gasteiger partial charge in [-0.3, -0.25) is 9.69 Å². The molecule has 1 amide bonds. The summed E-state index contributed by atoms with van der Waals surface area (Å²) in [5.41, 5.74) is 3.07. The SMILES string of the molecule is O=C(CN1CCN(c2ccc(Cl)cc2)CC1)Nc1ccc(OCc2ccccc2)cc1. The van der Waals surface area contributed by atoms with E-state index in [0.717, 1.165) is 48.2 Å². The van der Waals surface area contributed by atoms with Crippen LogP contribution in [-0.2, 0) is 11.4 Å². The summed E-state index contributed by atoms with van der Waals surface area (Å²) in [6, 6.07) is 25.4. The van der Waals surface area contributed by atoms with Gasteiger partial charge in [0.25, 0.3) is 0 Å². The maximum atomic E-state index is 12.5. The van der Waals surface area contributed by atoms with Crippen LogP contribution in [0, 0.1) is 0 Å². The van der Waals surface area contributed by atoms with Crippen molar-refractivity contribution in [2.45, 2.75) is 6.61 Å². The molecule has 0 spiro atoms. The summed E-state index contributed by atoms with van der Waals surface area (Å²) in [5.74, 6) is 0.776. The number of ether oxygens (including phenoxy) is 1. The van der Waals surface area contributed by atoms with Crippen LogP contribution in [-0.4, -0.2) is 43.5 Å². The van der Waals surface area contributed by atoms with Gasteiger partial charge in [-0.25, -0.2) is 0 Å². The number of nitrogens with zero attached hydrogens (tertiary/aromatic N) is 2. The summed E-state index contributed by atoms with van der Waals surface area (Å²) in [6.07, 6.45) is 0. The lowest BCUT2D eigenvalue weighted by Gasteiger charge is -2.35. The highest BCUT2D eigenvalue weighted by molar-refractivity contribution is 6.30. The van der Waals surface area contributed by atoms with Gasteiger partial charge in [-0.1, -0.05) is 41.9 Å². The third-order valence-electron chi connectivity index (χ3n) is 5.32. The first-order chi connectivity index (χ1) is 15.2. The molecule has 0 radical (unpaired) electrons. The second-order valence-electron chi connectivity index (χ2n) is 7.59. The number of carbonyl (C=O) groups is 1. The highest BCUT2D eigenvalue weighted by Gasteiger charge is 2.19. The molecule has 0 unspecified atom stereocenters. The van der Waals surface area contributed by atoms with Crippen molar-refractivity contribution in [1.82, 2.24) is 4.90 Å². The Balaban J connectivity index is 1.20. The predicted octanol–water partition coefficient (Wildman–Crippen LogP) is 4.68. The molecule has 1 heterocycles. The molecule has 1 N–H and O–H groups in total. The molecule has 3 aromatic rings. The minimum absolute atomic E-state index is 0.00195. The first-order valence-electron chi connectivity index (χ1n) is 10.5. The van der Waals surface area contributed by atoms with Crippen LogP contribution in [0.3, 0.4) is 0 Å². The van der Waals surface area contributed by atoms with Crippen LogP contribution in [0.1, 0.15) is 5.56 Å². The van der Waals surface area contributed by atoms with Gasteiger partial charge in [0.15, 0.2) is 0 Å². The highest BCUT2D eigenvalue weighted by atomic mass is 35.5. The average Bonchev–Trinajstić information content (AvgIpc) is 2.80. The lowest BCUT2D eigenvalue weighted by molar-refractivity contribution is -0.117. The number of amides is 1. The van der Waals surface area contributed by atoms with E-state index in [1.54, 1.807) is 0 Å². The molecular weight excluding hydrogens is 410 g/mol. The summed E-state index contributed by atoms with van der Waals surface area (Å²) in [4.78, 5) is 17.0. The summed E-state index contributed by atoms with van der Waals surface area (Å²) in [7, 11) is 0. The standard InChI is InChI=1S/C25H26ClN3O2/c26-21-6-10-23(11-7-21)29-16-14-28(15-17-29)18-25(30)27-22-8-12-24(13-9-22)31-19-20-4-2-1-3-5-20/h1-13H,14-19H2,(H,27,30). The number of anilines is 2. The number of piperazine rings is 1. The van der Waals surface area contributed by atoms with E-state index in [2.05, 4.69) is 15.1 Å². The van der Waals surface area contributed by atoms with Crippen molar-refractivity contribution in [3.05, 3.63) is 89.4 Å². The molecule has 1 saturated heterocycles. The number of halogens is 1. The largest absolute Gasteiger partial charge is 0.489 e. The van der Waals surface area contributed by atoms with Crippen molar-refractivity contribution in [3.8, 4) is 5.75 Å². The number of hydrogen-bond acceptors (Lipinski definition) is 4. The van der Waals surface area contributed by atoms with E-state index in [1.807, 2.05) is 78.9 Å². The van der Waals surface area contributed by atoms with E-state index in [9.17, 15) is 4.79 Å². The maximum absolute atomic E-state index is 12.5. The Morgan fingerprint density at radius 3 is 2.23 bits per heavy atom. The van der Waals surface area contributed by atoms with Crippen molar-refractivity contribution in [1.29, 1.82) is 0 Å². The predicted molar refractivity (Wildman–Crippen MR) is 126 cm³/mol. The first kappa shape index (κ1) is 21.2. The minimum Gasteiger partial charge on any atom is -0.489 e. The average molecular weight is 436 g/mol. The first-order valence-corrected chi connectivity index (χ1v) is 10.8. The molecule has 1 aliphatic rings. The van der Waals surface area contributed by atoms with E-state index in [0.29, 0.717) is 13.2 Å². The van der Waals surface area contributed by atoms with E-state index >= 15 is 0 Å². The Morgan fingerprint density at radius 2 is 1.55 bits per heavy atom. The zero-order chi connectivity index (χ0) is 21.5. The third kappa shape index (κ3) is 6.23. The van der Waals surface area contributed by atoms with Gasteiger partial charge < -0.3 is 15.0 Å². The van der Waals surface area contributed by atoms with Gasteiger partial charge in [-0.15, -0.1) is 0 Å². The quantitative estimate of drug-likeness (QED) is 0.585. The van der Waals surface area contributed by atoms with Crippen LogP contribution in [0.25, 0.3) is 0 Å². The fourth-order valence-corrected chi connectivity index (χ4v) is 3.72. The number of hydrogen-bond donors (Lipinski definition) is 1. The molecule has 0 bridgehead atoms. The monoisotopic (exact) mass is 435 g/mol. The summed E-state index contributed by atoms with van der Waals surface area (Å²) >= 11 is 5.97. The molecule has 0 aliphatic carbocycles. The van der Waals surface area contributed by atoms with Gasteiger partial charge in [-0.2, -0.15) is 0 Å². The Kier molecular flexibility index (Phi) is 7.07. The molecule has 6 heteroatoms. The number of benzene rings is 3. The second-order valence-corrected chi connectivity index (χ2v) is 8.02. The van der Waals surface area contributed by atoms with Crippen molar-refractivity contribution in [2.24, 2.45) is 0 Å². The van der Waals surface area contributed by atoms with E-state index in [4.69, 9.17) is 16.3 Å². The molecule has 31 heavy (non-hydrogen) atoms. The summed E-state index contributed by atoms with van der Waals surface area (Å²) < 4.78 is 5.79. The zero-order valence-corrected chi connectivity index (χ0v) is 18.1. The van der Waals surface area contributed by atoms with Gasteiger partial charge >= 0.3 is 0 Å². The molecule has 4 rings (SSSR count). The van der Waals surface area contributed by atoms with Crippen LogP contribution >= 0.6 is 11.6 Å². The van der Waals surface area contributed by atoms with Crippen molar-refractivity contribution < 1.29 is 9.53 Å². The molecule has 3 aromatic carbocycles. The molecule has 160 valence electrons. The molecule has 0 aromatic heterocycles. The second kappa shape index (κ2) is 10.3. The van der Waals surface area contributed by atoms with Gasteiger partial charge in [0.1, 0.15) is 12.4 Å². The molecule has 0 saturated carbocycles. The molecular formula is C25H26ClN3O2. The summed E-state index contributed by atoms with van der Waals surface area (Å²) in [5, 5.41) is 3.72. The molecule has 0 atom stereocenters. The van der Waals surface area contributed by atoms with Gasteiger partial charge in [0.05, 0.1) is 6.54 Å². The molecule has 1 fully saturated rings. The van der Waals surface area contributed by atoms with E-state index < -0.39 is 0 Å². The lowest BCUT2D eigenvalue weighted by Crippen LogP contribution is -2.48. The van der Waals surface area contributed by atoms with E-state index in [-0.39, 0.29) is 5.91 Å². The van der Waals surface area contributed by atoms with Crippen LogP contribution in [0.2, 0.25) is 5.02 Å². The highest BCUT2D eigenvalue weighted by Crippen LogP contribution is 2.20. The van der Waals surface area contributed by atoms with Crippen LogP contribution in [0.15, 0.2) is 78.9 Å². The Morgan fingerprint density at radius 1 is 0.871 bits per heavy atom. The minimum atomic E-state index is -0.00195. The maximum Gasteiger partial charge on any atom is 0.238 e. The van der Waals surface area contributed by atoms with Gasteiger partial charge in [0, 0.05) is 42.6 Å². The zero-order valence-electron chi connectivity index (χ0n) is 17.3. The number of rotatable bonds is 7. The van der Waals surface area contributed by atoms with E-state index in [1.165, 1.54) is 5.69 Å². The van der Waals surface area contributed by atoms with Crippen LogP contribution < -0.4 is 15.0 Å². The van der Waals surface area contributed by atoms with Crippen molar-refractivity contribution >= 4 is 28.9 Å². The fourth-order valence-electron chi connectivity index (χ4n) is 3.60. The number of nitrogens with one attached hydrogen (secondary N) is 1. The summed E-state index contributed by atoms with van der Waals surface area (Å²) in [6.45, 7) is 4.39. The van der Waals surface area contributed by atoms with Crippen LogP contribution in [0.4, 0.5) is 11.4 Å². The Hall–Kier alpha value is -3.02.